The van der Waals surface area contributed by atoms with Gasteiger partial charge in [0.15, 0.2) is 11.5 Å². The van der Waals surface area contributed by atoms with Crippen LogP contribution in [0.25, 0.3) is 0 Å². The first-order chi connectivity index (χ1) is 11.4. The zero-order chi connectivity index (χ0) is 17.9. The van der Waals surface area contributed by atoms with Gasteiger partial charge in [-0.1, -0.05) is 26.0 Å². The SMILES string of the molecule is CC(C)CCCOC(=O)/C=C/C(=O)Oc1ccccc1OC(C)C. The van der Waals surface area contributed by atoms with E-state index in [9.17, 15) is 9.59 Å². The van der Waals surface area contributed by atoms with Crippen LogP contribution in [0.4, 0.5) is 0 Å². The van der Waals surface area contributed by atoms with Crippen LogP contribution in [0.2, 0.25) is 0 Å². The predicted octanol–water partition coefficient (Wildman–Crippen LogP) is 3.91. The number of hydrogen-bond donors (Lipinski definition) is 0. The number of para-hydroxylation sites is 2. The fraction of sp³-hybridized carbons (Fsp3) is 0.474. The Labute approximate surface area is 143 Å². The highest BCUT2D eigenvalue weighted by molar-refractivity contribution is 5.92. The maximum Gasteiger partial charge on any atom is 0.336 e. The van der Waals surface area contributed by atoms with Crippen LogP contribution in [0.3, 0.4) is 0 Å². The number of carbonyl (C=O) groups is 2. The third-order valence-electron chi connectivity index (χ3n) is 2.95. The fourth-order valence-electron chi connectivity index (χ4n) is 1.88. The third-order valence-corrected chi connectivity index (χ3v) is 2.95. The summed E-state index contributed by atoms with van der Waals surface area (Å²) in [6, 6.07) is 6.88. The topological polar surface area (TPSA) is 61.8 Å². The summed E-state index contributed by atoms with van der Waals surface area (Å²) in [5, 5.41) is 0. The average Bonchev–Trinajstić information content (AvgIpc) is 2.51. The molecular weight excluding hydrogens is 308 g/mol. The minimum absolute atomic E-state index is 0.0405. The Kier molecular flexibility index (Phi) is 8.61. The number of rotatable bonds is 9. The van der Waals surface area contributed by atoms with Gasteiger partial charge in [-0.15, -0.1) is 0 Å². The molecule has 0 saturated carbocycles. The molecule has 0 bridgehead atoms. The molecule has 0 unspecified atom stereocenters. The fourth-order valence-corrected chi connectivity index (χ4v) is 1.88. The lowest BCUT2D eigenvalue weighted by atomic mass is 10.1. The number of hydrogen-bond acceptors (Lipinski definition) is 5. The molecule has 0 spiro atoms. The van der Waals surface area contributed by atoms with Gasteiger partial charge in [0.05, 0.1) is 12.7 Å². The lowest BCUT2D eigenvalue weighted by molar-refractivity contribution is -0.138. The van der Waals surface area contributed by atoms with E-state index in [2.05, 4.69) is 13.8 Å². The molecule has 5 nitrogen and oxygen atoms in total. The van der Waals surface area contributed by atoms with Crippen LogP contribution in [0.15, 0.2) is 36.4 Å². The molecule has 0 aromatic heterocycles. The van der Waals surface area contributed by atoms with E-state index in [1.54, 1.807) is 24.3 Å². The molecule has 0 amide bonds. The van der Waals surface area contributed by atoms with Crippen LogP contribution < -0.4 is 9.47 Å². The highest BCUT2D eigenvalue weighted by Gasteiger charge is 2.09. The molecule has 0 heterocycles. The summed E-state index contributed by atoms with van der Waals surface area (Å²) in [4.78, 5) is 23.3. The molecule has 132 valence electrons. The van der Waals surface area contributed by atoms with Crippen LogP contribution in [0, 0.1) is 5.92 Å². The molecule has 0 atom stereocenters. The second-order valence-corrected chi connectivity index (χ2v) is 6.07. The first-order valence-electron chi connectivity index (χ1n) is 8.20. The molecule has 0 radical (unpaired) electrons. The number of carbonyl (C=O) groups excluding carboxylic acids is 2. The number of ether oxygens (including phenoxy) is 3. The minimum Gasteiger partial charge on any atom is -0.487 e. The van der Waals surface area contributed by atoms with Crippen molar-refractivity contribution >= 4 is 11.9 Å². The summed E-state index contributed by atoms with van der Waals surface area (Å²) in [6.45, 7) is 8.33. The smallest absolute Gasteiger partial charge is 0.336 e. The van der Waals surface area contributed by atoms with Crippen molar-refractivity contribution in [1.82, 2.24) is 0 Å². The van der Waals surface area contributed by atoms with Gasteiger partial charge in [-0.05, 0) is 44.7 Å². The van der Waals surface area contributed by atoms with Crippen LogP contribution in [0.1, 0.15) is 40.5 Å². The first-order valence-corrected chi connectivity index (χ1v) is 8.20. The predicted molar refractivity (Wildman–Crippen MR) is 92.0 cm³/mol. The summed E-state index contributed by atoms with van der Waals surface area (Å²) >= 11 is 0. The zero-order valence-corrected chi connectivity index (χ0v) is 14.8. The molecule has 5 heteroatoms. The zero-order valence-electron chi connectivity index (χ0n) is 14.8. The second kappa shape index (κ2) is 10.5. The van der Waals surface area contributed by atoms with Gasteiger partial charge < -0.3 is 14.2 Å². The van der Waals surface area contributed by atoms with E-state index in [4.69, 9.17) is 14.2 Å². The van der Waals surface area contributed by atoms with Crippen molar-refractivity contribution in [3.05, 3.63) is 36.4 Å². The van der Waals surface area contributed by atoms with Crippen molar-refractivity contribution in [2.45, 2.75) is 46.6 Å². The highest BCUT2D eigenvalue weighted by Crippen LogP contribution is 2.27. The molecular formula is C19H26O5. The largest absolute Gasteiger partial charge is 0.487 e. The van der Waals surface area contributed by atoms with E-state index in [0.29, 0.717) is 24.0 Å². The lowest BCUT2D eigenvalue weighted by Crippen LogP contribution is -2.10. The van der Waals surface area contributed by atoms with Gasteiger partial charge in [0.25, 0.3) is 0 Å². The van der Waals surface area contributed by atoms with E-state index in [0.717, 1.165) is 25.0 Å². The number of esters is 2. The van der Waals surface area contributed by atoms with Gasteiger partial charge in [-0.3, -0.25) is 0 Å². The Morgan fingerprint density at radius 1 is 1.00 bits per heavy atom. The Bertz CT molecular complexity index is 561. The normalized spacial score (nSPS) is 11.1. The Balaban J connectivity index is 2.47. The molecule has 24 heavy (non-hydrogen) atoms. The van der Waals surface area contributed by atoms with Crippen LogP contribution in [0.5, 0.6) is 11.5 Å². The van der Waals surface area contributed by atoms with Crippen molar-refractivity contribution in [1.29, 1.82) is 0 Å². The van der Waals surface area contributed by atoms with Gasteiger partial charge in [0.1, 0.15) is 0 Å². The Morgan fingerprint density at radius 2 is 1.62 bits per heavy atom. The maximum absolute atomic E-state index is 11.8. The average molecular weight is 334 g/mol. The molecule has 0 N–H and O–H groups in total. The molecule has 1 aromatic carbocycles. The van der Waals surface area contributed by atoms with Gasteiger partial charge in [0, 0.05) is 12.2 Å². The molecule has 1 aromatic rings. The van der Waals surface area contributed by atoms with E-state index in [1.165, 1.54) is 0 Å². The van der Waals surface area contributed by atoms with Gasteiger partial charge >= 0.3 is 11.9 Å². The lowest BCUT2D eigenvalue weighted by Gasteiger charge is -2.13. The molecule has 0 saturated heterocycles. The van der Waals surface area contributed by atoms with E-state index in [1.807, 2.05) is 13.8 Å². The second-order valence-electron chi connectivity index (χ2n) is 6.07. The molecule has 0 fully saturated rings. The van der Waals surface area contributed by atoms with Gasteiger partial charge in [-0.25, -0.2) is 9.59 Å². The summed E-state index contributed by atoms with van der Waals surface area (Å²) in [5.41, 5.74) is 0. The van der Waals surface area contributed by atoms with Crippen LogP contribution in [-0.2, 0) is 14.3 Å². The Morgan fingerprint density at radius 3 is 2.25 bits per heavy atom. The van der Waals surface area contributed by atoms with E-state index >= 15 is 0 Å². The minimum atomic E-state index is -0.658. The van der Waals surface area contributed by atoms with Crippen LogP contribution in [-0.4, -0.2) is 24.6 Å². The summed E-state index contributed by atoms with van der Waals surface area (Å²) < 4.78 is 15.8. The quantitative estimate of drug-likeness (QED) is 0.296. The maximum atomic E-state index is 11.8. The van der Waals surface area contributed by atoms with Crippen molar-refractivity contribution in [3.8, 4) is 11.5 Å². The van der Waals surface area contributed by atoms with Crippen LogP contribution >= 0.6 is 0 Å². The summed E-state index contributed by atoms with van der Waals surface area (Å²) in [6.07, 6.45) is 3.88. The molecule has 1 rings (SSSR count). The van der Waals surface area contributed by atoms with Crippen molar-refractivity contribution in [2.75, 3.05) is 6.61 Å². The standard InChI is InChI=1S/C19H26O5/c1-14(2)8-7-13-22-18(20)11-12-19(21)24-17-10-6-5-9-16(17)23-15(3)4/h5-6,9-12,14-15H,7-8,13H2,1-4H3/b12-11+. The first kappa shape index (κ1) is 19.7. The molecule has 0 aliphatic rings. The van der Waals surface area contributed by atoms with Crippen molar-refractivity contribution in [3.63, 3.8) is 0 Å². The van der Waals surface area contributed by atoms with Crippen molar-refractivity contribution < 1.29 is 23.8 Å². The van der Waals surface area contributed by atoms with Gasteiger partial charge in [0.2, 0.25) is 0 Å². The molecule has 0 aliphatic carbocycles. The third kappa shape index (κ3) is 8.36. The Hall–Kier alpha value is -2.30. The van der Waals surface area contributed by atoms with E-state index < -0.39 is 11.9 Å². The number of benzene rings is 1. The molecule has 0 aliphatic heterocycles. The summed E-state index contributed by atoms with van der Waals surface area (Å²) in [5.74, 6) is 0.148. The van der Waals surface area contributed by atoms with Gasteiger partial charge in [-0.2, -0.15) is 0 Å². The van der Waals surface area contributed by atoms with E-state index in [-0.39, 0.29) is 6.10 Å². The summed E-state index contributed by atoms with van der Waals surface area (Å²) in [7, 11) is 0. The highest BCUT2D eigenvalue weighted by atomic mass is 16.6. The monoisotopic (exact) mass is 334 g/mol. The van der Waals surface area contributed by atoms with Crippen molar-refractivity contribution in [2.24, 2.45) is 5.92 Å².